The summed E-state index contributed by atoms with van der Waals surface area (Å²) in [6, 6.07) is 0. The Morgan fingerprint density at radius 3 is 2.92 bits per heavy atom. The normalized spacial score (nSPS) is 19.2. The number of carbonyl (C=O) groups is 1. The van der Waals surface area contributed by atoms with Crippen molar-refractivity contribution in [1.29, 1.82) is 0 Å². The lowest BCUT2D eigenvalue weighted by atomic mass is 9.89. The highest BCUT2D eigenvalue weighted by Gasteiger charge is 2.23. The number of rotatable bonds is 2. The van der Waals surface area contributed by atoms with Gasteiger partial charge in [-0.15, -0.1) is 0 Å². The van der Waals surface area contributed by atoms with Gasteiger partial charge in [0, 0.05) is 13.0 Å². The summed E-state index contributed by atoms with van der Waals surface area (Å²) in [6.45, 7) is 0. The first-order valence-corrected chi connectivity index (χ1v) is 4.39. The quantitative estimate of drug-likeness (QED) is 0.586. The zero-order valence-electron chi connectivity index (χ0n) is 7.75. The number of hydroxylamine groups is 2. The second kappa shape index (κ2) is 4.45. The molecule has 1 aliphatic rings. The highest BCUT2D eigenvalue weighted by atomic mass is 16.7. The summed E-state index contributed by atoms with van der Waals surface area (Å²) in [5, 5.41) is 1.32. The van der Waals surface area contributed by atoms with Gasteiger partial charge in [0.2, 0.25) is 5.91 Å². The smallest absolute Gasteiger partial charge is 0.248 e. The number of hydrogen-bond acceptors (Lipinski definition) is 2. The first-order chi connectivity index (χ1) is 5.75. The van der Waals surface area contributed by atoms with Crippen LogP contribution in [0.25, 0.3) is 0 Å². The fraction of sp³-hybridized carbons (Fsp3) is 0.778. The van der Waals surface area contributed by atoms with E-state index in [4.69, 9.17) is 4.84 Å². The van der Waals surface area contributed by atoms with Crippen LogP contribution in [0.5, 0.6) is 0 Å². The van der Waals surface area contributed by atoms with Crippen LogP contribution in [0.4, 0.5) is 0 Å². The van der Waals surface area contributed by atoms with Crippen LogP contribution in [0.15, 0.2) is 0 Å². The van der Waals surface area contributed by atoms with E-state index in [1.807, 2.05) is 0 Å². The fourth-order valence-corrected chi connectivity index (χ4v) is 1.52. The Labute approximate surface area is 73.6 Å². The van der Waals surface area contributed by atoms with E-state index in [1.54, 1.807) is 7.05 Å². The predicted molar refractivity (Wildman–Crippen MR) is 46.0 cm³/mol. The molecule has 0 aliphatic heterocycles. The second-order valence-electron chi connectivity index (χ2n) is 3.17. The van der Waals surface area contributed by atoms with Crippen molar-refractivity contribution in [2.24, 2.45) is 5.92 Å². The molecule has 69 valence electrons. The fourth-order valence-electron chi connectivity index (χ4n) is 1.52. The molecular weight excluding hydrogens is 154 g/mol. The van der Waals surface area contributed by atoms with Crippen molar-refractivity contribution < 1.29 is 9.63 Å². The van der Waals surface area contributed by atoms with Crippen LogP contribution >= 0.6 is 0 Å². The van der Waals surface area contributed by atoms with Crippen LogP contribution in [0.3, 0.4) is 0 Å². The molecule has 1 atom stereocenters. The Kier molecular flexibility index (Phi) is 3.53. The molecule has 1 fully saturated rings. The molecule has 1 amide bonds. The van der Waals surface area contributed by atoms with E-state index in [1.165, 1.54) is 12.2 Å². The molecule has 1 saturated carbocycles. The molecule has 1 rings (SSSR count). The van der Waals surface area contributed by atoms with Gasteiger partial charge in [0.1, 0.15) is 0 Å². The van der Waals surface area contributed by atoms with Crippen molar-refractivity contribution in [3.05, 3.63) is 6.42 Å². The third kappa shape index (κ3) is 2.21. The number of amides is 1. The van der Waals surface area contributed by atoms with Crippen molar-refractivity contribution in [1.82, 2.24) is 5.06 Å². The van der Waals surface area contributed by atoms with Crippen molar-refractivity contribution in [3.63, 3.8) is 0 Å². The third-order valence-corrected chi connectivity index (χ3v) is 2.35. The molecule has 0 bridgehead atoms. The topological polar surface area (TPSA) is 29.5 Å². The summed E-state index contributed by atoms with van der Waals surface area (Å²) in [6.07, 6.45) is 6.39. The first-order valence-electron chi connectivity index (χ1n) is 4.39. The van der Waals surface area contributed by atoms with Crippen molar-refractivity contribution in [2.75, 3.05) is 14.2 Å². The van der Waals surface area contributed by atoms with Crippen LogP contribution in [-0.2, 0) is 9.63 Å². The van der Waals surface area contributed by atoms with Crippen molar-refractivity contribution in [2.45, 2.75) is 25.7 Å². The molecule has 1 aliphatic carbocycles. The molecule has 0 saturated heterocycles. The van der Waals surface area contributed by atoms with Gasteiger partial charge < -0.3 is 0 Å². The van der Waals surface area contributed by atoms with Gasteiger partial charge in [-0.3, -0.25) is 9.63 Å². The summed E-state index contributed by atoms with van der Waals surface area (Å²) in [5.74, 6) is 0.261. The Bertz CT molecular complexity index is 153. The molecule has 1 radical (unpaired) electrons. The average Bonchev–Trinajstić information content (AvgIpc) is 2.17. The van der Waals surface area contributed by atoms with E-state index in [0.717, 1.165) is 25.7 Å². The van der Waals surface area contributed by atoms with Crippen LogP contribution in [0, 0.1) is 12.3 Å². The number of nitrogens with zero attached hydrogens (tertiary/aromatic N) is 1. The van der Waals surface area contributed by atoms with E-state index >= 15 is 0 Å². The second-order valence-corrected chi connectivity index (χ2v) is 3.17. The predicted octanol–water partition coefficient (Wildman–Crippen LogP) is 1.40. The minimum atomic E-state index is 0.105. The highest BCUT2D eigenvalue weighted by Crippen LogP contribution is 2.24. The maximum atomic E-state index is 11.5. The third-order valence-electron chi connectivity index (χ3n) is 2.35. The monoisotopic (exact) mass is 170 g/mol. The molecule has 12 heavy (non-hydrogen) atoms. The van der Waals surface area contributed by atoms with Gasteiger partial charge in [-0.05, 0) is 19.3 Å². The average molecular weight is 170 g/mol. The van der Waals surface area contributed by atoms with E-state index in [0.29, 0.717) is 0 Å². The van der Waals surface area contributed by atoms with Crippen LogP contribution in [0.1, 0.15) is 25.7 Å². The summed E-state index contributed by atoms with van der Waals surface area (Å²) < 4.78 is 0. The molecule has 3 nitrogen and oxygen atoms in total. The minimum absolute atomic E-state index is 0.105. The van der Waals surface area contributed by atoms with Crippen LogP contribution < -0.4 is 0 Å². The molecule has 0 unspecified atom stereocenters. The lowest BCUT2D eigenvalue weighted by molar-refractivity contribution is -0.174. The largest absolute Gasteiger partial charge is 0.275 e. The Hall–Kier alpha value is -0.570. The van der Waals surface area contributed by atoms with E-state index < -0.39 is 0 Å². The van der Waals surface area contributed by atoms with Gasteiger partial charge in [-0.1, -0.05) is 12.8 Å². The summed E-state index contributed by atoms with van der Waals surface area (Å²) in [5.41, 5.74) is 0. The lowest BCUT2D eigenvalue weighted by Crippen LogP contribution is -2.33. The van der Waals surface area contributed by atoms with Crippen molar-refractivity contribution >= 4 is 5.91 Å². The maximum absolute atomic E-state index is 11.5. The molecule has 0 spiro atoms. The van der Waals surface area contributed by atoms with Gasteiger partial charge in [0.25, 0.3) is 0 Å². The maximum Gasteiger partial charge on any atom is 0.248 e. The number of carbonyl (C=O) groups excluding carboxylic acids is 1. The van der Waals surface area contributed by atoms with Gasteiger partial charge in [-0.2, -0.15) is 0 Å². The molecule has 0 heterocycles. The summed E-state index contributed by atoms with van der Waals surface area (Å²) in [7, 11) is 3.18. The van der Waals surface area contributed by atoms with Gasteiger partial charge >= 0.3 is 0 Å². The molecule has 0 N–H and O–H groups in total. The number of hydrogen-bond donors (Lipinski definition) is 0. The van der Waals surface area contributed by atoms with E-state index in [9.17, 15) is 4.79 Å². The highest BCUT2D eigenvalue weighted by molar-refractivity contribution is 5.77. The Morgan fingerprint density at radius 1 is 1.67 bits per heavy atom. The Balaban J connectivity index is 2.39. The van der Waals surface area contributed by atoms with Crippen LogP contribution in [0.2, 0.25) is 0 Å². The zero-order chi connectivity index (χ0) is 8.97. The van der Waals surface area contributed by atoms with Gasteiger partial charge in [-0.25, -0.2) is 5.06 Å². The molecular formula is C9H16NO2. The molecule has 3 heteroatoms. The van der Waals surface area contributed by atoms with Gasteiger partial charge in [0.05, 0.1) is 7.11 Å². The molecule has 0 aromatic carbocycles. The molecule has 0 aromatic rings. The lowest BCUT2D eigenvalue weighted by Gasteiger charge is -2.24. The summed E-state index contributed by atoms with van der Waals surface area (Å²) >= 11 is 0. The van der Waals surface area contributed by atoms with E-state index in [-0.39, 0.29) is 11.8 Å². The Morgan fingerprint density at radius 2 is 2.42 bits per heavy atom. The van der Waals surface area contributed by atoms with Crippen molar-refractivity contribution in [3.8, 4) is 0 Å². The van der Waals surface area contributed by atoms with Crippen LogP contribution in [-0.4, -0.2) is 25.1 Å². The minimum Gasteiger partial charge on any atom is -0.275 e. The van der Waals surface area contributed by atoms with Gasteiger partial charge in [0.15, 0.2) is 0 Å². The first kappa shape index (κ1) is 9.52. The summed E-state index contributed by atoms with van der Waals surface area (Å²) in [4.78, 5) is 16.3. The standard InChI is InChI=1S/C9H16NO2/c1-10(12-2)9(11)8-6-4-3-5-7-8/h4,8H,3,5-7H2,1-2H3/t8-/m1/s1. The molecule has 0 aromatic heterocycles. The zero-order valence-corrected chi connectivity index (χ0v) is 7.75. The SMILES string of the molecule is CON(C)C(=O)[C@@H]1C[CH]CCC1. The van der Waals surface area contributed by atoms with E-state index in [2.05, 4.69) is 6.42 Å².